The van der Waals surface area contributed by atoms with Gasteiger partial charge in [0.15, 0.2) is 0 Å². The SMILES string of the molecule is CC1(C)CC(NC(=O)Cc2ccn[nH]2)CC(C)(C)N1. The number of carbonyl (C=O) groups excluding carboxylic acids is 1. The molecule has 0 radical (unpaired) electrons. The first kappa shape index (κ1) is 14.1. The van der Waals surface area contributed by atoms with Crippen LogP contribution in [0.1, 0.15) is 46.2 Å². The number of nitrogens with one attached hydrogen (secondary N) is 3. The van der Waals surface area contributed by atoms with Crippen LogP contribution in [0.15, 0.2) is 12.3 Å². The Bertz CT molecular complexity index is 420. The van der Waals surface area contributed by atoms with Crippen molar-refractivity contribution in [1.82, 2.24) is 20.8 Å². The third kappa shape index (κ3) is 4.06. The van der Waals surface area contributed by atoms with Gasteiger partial charge in [-0.25, -0.2) is 0 Å². The van der Waals surface area contributed by atoms with Crippen LogP contribution < -0.4 is 10.6 Å². The van der Waals surface area contributed by atoms with Crippen molar-refractivity contribution in [2.45, 2.75) is 64.1 Å². The fourth-order valence-corrected chi connectivity index (χ4v) is 3.26. The van der Waals surface area contributed by atoms with E-state index in [0.29, 0.717) is 6.42 Å². The van der Waals surface area contributed by atoms with Gasteiger partial charge < -0.3 is 10.6 Å². The summed E-state index contributed by atoms with van der Waals surface area (Å²) in [5.74, 6) is 0.0581. The van der Waals surface area contributed by atoms with Crippen molar-refractivity contribution in [3.63, 3.8) is 0 Å². The Morgan fingerprint density at radius 1 is 1.37 bits per heavy atom. The molecule has 1 fully saturated rings. The molecule has 0 unspecified atom stereocenters. The standard InChI is InChI=1S/C14H24N4O/c1-13(2)8-11(9-14(3,4)18-13)16-12(19)7-10-5-6-15-17-10/h5-6,11,18H,7-9H2,1-4H3,(H,15,17)(H,16,19). The van der Waals surface area contributed by atoms with Crippen LogP contribution in [0.3, 0.4) is 0 Å². The fourth-order valence-electron chi connectivity index (χ4n) is 3.26. The Morgan fingerprint density at radius 2 is 2.00 bits per heavy atom. The summed E-state index contributed by atoms with van der Waals surface area (Å²) >= 11 is 0. The van der Waals surface area contributed by atoms with E-state index in [2.05, 4.69) is 48.5 Å². The summed E-state index contributed by atoms with van der Waals surface area (Å²) in [7, 11) is 0. The Morgan fingerprint density at radius 3 is 2.53 bits per heavy atom. The number of carbonyl (C=O) groups is 1. The summed E-state index contributed by atoms with van der Waals surface area (Å²) in [6, 6.07) is 2.05. The highest BCUT2D eigenvalue weighted by atomic mass is 16.1. The second kappa shape index (κ2) is 4.96. The molecule has 0 spiro atoms. The highest BCUT2D eigenvalue weighted by Crippen LogP contribution is 2.28. The summed E-state index contributed by atoms with van der Waals surface area (Å²) in [4.78, 5) is 12.0. The molecular weight excluding hydrogens is 240 g/mol. The molecule has 0 bridgehead atoms. The number of hydrogen-bond donors (Lipinski definition) is 3. The molecule has 106 valence electrons. The maximum Gasteiger partial charge on any atom is 0.226 e. The molecule has 3 N–H and O–H groups in total. The van der Waals surface area contributed by atoms with Gasteiger partial charge in [0.05, 0.1) is 6.42 Å². The number of nitrogens with zero attached hydrogens (tertiary/aromatic N) is 1. The van der Waals surface area contributed by atoms with E-state index in [1.54, 1.807) is 6.20 Å². The van der Waals surface area contributed by atoms with E-state index in [1.807, 2.05) is 6.07 Å². The van der Waals surface area contributed by atoms with Gasteiger partial charge in [-0.3, -0.25) is 9.89 Å². The van der Waals surface area contributed by atoms with E-state index in [1.165, 1.54) is 0 Å². The smallest absolute Gasteiger partial charge is 0.226 e. The Kier molecular flexibility index (Phi) is 3.67. The maximum absolute atomic E-state index is 12.0. The van der Waals surface area contributed by atoms with Crippen molar-refractivity contribution in [2.75, 3.05) is 0 Å². The second-order valence-corrected chi connectivity index (χ2v) is 6.82. The summed E-state index contributed by atoms with van der Waals surface area (Å²) in [5, 5.41) is 13.4. The molecule has 2 heterocycles. The number of hydrogen-bond acceptors (Lipinski definition) is 3. The van der Waals surface area contributed by atoms with Gasteiger partial charge in [0.1, 0.15) is 0 Å². The molecule has 0 aliphatic carbocycles. The summed E-state index contributed by atoms with van der Waals surface area (Å²) in [6.45, 7) is 8.73. The number of aromatic nitrogens is 2. The first-order valence-corrected chi connectivity index (χ1v) is 6.83. The molecule has 0 atom stereocenters. The normalized spacial score (nSPS) is 22.1. The van der Waals surface area contributed by atoms with Crippen LogP contribution >= 0.6 is 0 Å². The minimum Gasteiger partial charge on any atom is -0.353 e. The van der Waals surface area contributed by atoms with Crippen molar-refractivity contribution >= 4 is 5.91 Å². The van der Waals surface area contributed by atoms with E-state index < -0.39 is 0 Å². The van der Waals surface area contributed by atoms with E-state index in [9.17, 15) is 4.79 Å². The molecule has 5 nitrogen and oxygen atoms in total. The lowest BCUT2D eigenvalue weighted by Crippen LogP contribution is -2.62. The maximum atomic E-state index is 12.0. The zero-order chi connectivity index (χ0) is 14.1. The first-order chi connectivity index (χ1) is 8.76. The Labute approximate surface area is 114 Å². The largest absolute Gasteiger partial charge is 0.353 e. The van der Waals surface area contributed by atoms with Crippen LogP contribution in [0.5, 0.6) is 0 Å². The van der Waals surface area contributed by atoms with E-state index >= 15 is 0 Å². The zero-order valence-corrected chi connectivity index (χ0v) is 12.2. The van der Waals surface area contributed by atoms with Crippen LogP contribution in [0.2, 0.25) is 0 Å². The van der Waals surface area contributed by atoms with Gasteiger partial charge in [0.25, 0.3) is 0 Å². The molecule has 1 aliphatic rings. The minimum atomic E-state index is 0.0493. The summed E-state index contributed by atoms with van der Waals surface area (Å²) < 4.78 is 0. The number of piperidine rings is 1. The Balaban J connectivity index is 1.93. The van der Waals surface area contributed by atoms with Crippen molar-refractivity contribution in [3.05, 3.63) is 18.0 Å². The molecule has 1 aromatic heterocycles. The average Bonchev–Trinajstić information content (AvgIpc) is 2.63. The average molecular weight is 264 g/mol. The van der Waals surface area contributed by atoms with E-state index in [0.717, 1.165) is 18.5 Å². The topological polar surface area (TPSA) is 69.8 Å². The van der Waals surface area contributed by atoms with Crippen molar-refractivity contribution in [3.8, 4) is 0 Å². The molecule has 1 aliphatic heterocycles. The van der Waals surface area contributed by atoms with Crippen LogP contribution in [0.4, 0.5) is 0 Å². The lowest BCUT2D eigenvalue weighted by molar-refractivity contribution is -0.121. The molecule has 0 aromatic carbocycles. The number of H-pyrrole nitrogens is 1. The predicted molar refractivity (Wildman–Crippen MR) is 74.8 cm³/mol. The second-order valence-electron chi connectivity index (χ2n) is 6.82. The third-order valence-corrected chi connectivity index (χ3v) is 3.46. The minimum absolute atomic E-state index is 0.0493. The fraction of sp³-hybridized carbons (Fsp3) is 0.714. The molecule has 19 heavy (non-hydrogen) atoms. The molecular formula is C14H24N4O. The van der Waals surface area contributed by atoms with Gasteiger partial charge >= 0.3 is 0 Å². The monoisotopic (exact) mass is 264 g/mol. The lowest BCUT2D eigenvalue weighted by atomic mass is 9.79. The third-order valence-electron chi connectivity index (χ3n) is 3.46. The number of amides is 1. The predicted octanol–water partition coefficient (Wildman–Crippen LogP) is 1.38. The molecule has 2 rings (SSSR count). The summed E-state index contributed by atoms with van der Waals surface area (Å²) in [5.41, 5.74) is 0.950. The van der Waals surface area contributed by atoms with E-state index in [4.69, 9.17) is 0 Å². The van der Waals surface area contributed by atoms with Gasteiger partial charge in [-0.1, -0.05) is 0 Å². The quantitative estimate of drug-likeness (QED) is 0.772. The lowest BCUT2D eigenvalue weighted by Gasteiger charge is -2.46. The van der Waals surface area contributed by atoms with Gasteiger partial charge in [0, 0.05) is 29.0 Å². The van der Waals surface area contributed by atoms with Gasteiger partial charge in [-0.05, 0) is 46.6 Å². The van der Waals surface area contributed by atoms with Crippen molar-refractivity contribution in [2.24, 2.45) is 0 Å². The number of rotatable bonds is 3. The van der Waals surface area contributed by atoms with Gasteiger partial charge in [-0.15, -0.1) is 0 Å². The van der Waals surface area contributed by atoms with Crippen LogP contribution in [-0.4, -0.2) is 33.2 Å². The zero-order valence-electron chi connectivity index (χ0n) is 12.2. The van der Waals surface area contributed by atoms with Gasteiger partial charge in [-0.2, -0.15) is 5.10 Å². The van der Waals surface area contributed by atoms with Crippen molar-refractivity contribution < 1.29 is 4.79 Å². The van der Waals surface area contributed by atoms with Gasteiger partial charge in [0.2, 0.25) is 5.91 Å². The first-order valence-electron chi connectivity index (χ1n) is 6.83. The highest BCUT2D eigenvalue weighted by molar-refractivity contribution is 5.78. The molecule has 0 saturated carbocycles. The van der Waals surface area contributed by atoms with Crippen LogP contribution in [0, 0.1) is 0 Å². The molecule has 1 saturated heterocycles. The van der Waals surface area contributed by atoms with E-state index in [-0.39, 0.29) is 23.0 Å². The molecule has 5 heteroatoms. The highest BCUT2D eigenvalue weighted by Gasteiger charge is 2.38. The molecule has 1 aromatic rings. The molecule has 1 amide bonds. The van der Waals surface area contributed by atoms with Crippen molar-refractivity contribution in [1.29, 1.82) is 0 Å². The van der Waals surface area contributed by atoms with Crippen LogP contribution in [0.25, 0.3) is 0 Å². The Hall–Kier alpha value is -1.36. The summed E-state index contributed by atoms with van der Waals surface area (Å²) in [6.07, 6.45) is 3.93. The van der Waals surface area contributed by atoms with Crippen LogP contribution in [-0.2, 0) is 11.2 Å². The number of aromatic amines is 1.